The van der Waals surface area contributed by atoms with Crippen LogP contribution in [0, 0.1) is 12.8 Å². The molecule has 1 fully saturated rings. The molecule has 1 aliphatic rings. The second-order valence-electron chi connectivity index (χ2n) is 6.72. The first kappa shape index (κ1) is 18.5. The summed E-state index contributed by atoms with van der Waals surface area (Å²) in [5.74, 6) is -1.60. The lowest BCUT2D eigenvalue weighted by molar-refractivity contribution is -0.141. The summed E-state index contributed by atoms with van der Waals surface area (Å²) in [6.45, 7) is 4.18. The fourth-order valence-electron chi connectivity index (χ4n) is 3.09. The van der Waals surface area contributed by atoms with Crippen molar-refractivity contribution in [2.75, 3.05) is 6.54 Å². The summed E-state index contributed by atoms with van der Waals surface area (Å²) in [4.78, 5) is 23.4. The summed E-state index contributed by atoms with van der Waals surface area (Å²) < 4.78 is 5.69. The molecule has 0 radical (unpaired) electrons. The molecule has 5 heteroatoms. The van der Waals surface area contributed by atoms with Gasteiger partial charge in [-0.05, 0) is 45.1 Å². The Balaban J connectivity index is 1.76. The quantitative estimate of drug-likeness (QED) is 0.767. The van der Waals surface area contributed by atoms with E-state index in [-0.39, 0.29) is 24.7 Å². The van der Waals surface area contributed by atoms with Crippen molar-refractivity contribution in [3.63, 3.8) is 0 Å². The normalized spacial score (nSPS) is 21.4. The van der Waals surface area contributed by atoms with Crippen molar-refractivity contribution in [3.8, 4) is 0 Å². The Morgan fingerprint density at radius 1 is 1.38 bits per heavy atom. The monoisotopic (exact) mass is 333 g/mol. The highest BCUT2D eigenvalue weighted by molar-refractivity contribution is 5.77. The lowest BCUT2D eigenvalue weighted by atomic mass is 9.98. The number of aliphatic carboxylic acids is 1. The van der Waals surface area contributed by atoms with Crippen molar-refractivity contribution in [3.05, 3.63) is 35.4 Å². The van der Waals surface area contributed by atoms with E-state index >= 15 is 0 Å². The van der Waals surface area contributed by atoms with Gasteiger partial charge in [0.15, 0.2) is 0 Å². The van der Waals surface area contributed by atoms with E-state index in [4.69, 9.17) is 4.74 Å². The minimum absolute atomic E-state index is 0.103. The minimum Gasteiger partial charge on any atom is -0.481 e. The van der Waals surface area contributed by atoms with Crippen LogP contribution in [-0.4, -0.2) is 35.7 Å². The summed E-state index contributed by atoms with van der Waals surface area (Å²) >= 11 is 0. The lowest BCUT2D eigenvalue weighted by Gasteiger charge is -2.15. The summed E-state index contributed by atoms with van der Waals surface area (Å²) in [5, 5.41) is 12.1. The number of hydrogen-bond donors (Lipinski definition) is 2. The number of hydrogen-bond acceptors (Lipinski definition) is 3. The topological polar surface area (TPSA) is 75.6 Å². The van der Waals surface area contributed by atoms with E-state index in [1.54, 1.807) is 0 Å². The average Bonchev–Trinajstić information content (AvgIpc) is 2.94. The molecule has 1 heterocycles. The van der Waals surface area contributed by atoms with Crippen LogP contribution in [0.15, 0.2) is 24.3 Å². The van der Waals surface area contributed by atoms with Crippen LogP contribution in [0.1, 0.15) is 43.7 Å². The third-order valence-corrected chi connectivity index (χ3v) is 4.47. The first-order valence-corrected chi connectivity index (χ1v) is 8.64. The third-order valence-electron chi connectivity index (χ3n) is 4.47. The van der Waals surface area contributed by atoms with Gasteiger partial charge in [0.05, 0.1) is 18.1 Å². The van der Waals surface area contributed by atoms with Gasteiger partial charge in [-0.15, -0.1) is 0 Å². The summed E-state index contributed by atoms with van der Waals surface area (Å²) in [5.41, 5.74) is 2.08. The molecule has 0 aliphatic carbocycles. The van der Waals surface area contributed by atoms with E-state index in [1.165, 1.54) is 0 Å². The van der Waals surface area contributed by atoms with Crippen molar-refractivity contribution >= 4 is 11.9 Å². The predicted octanol–water partition coefficient (Wildman–Crippen LogP) is 2.70. The molecule has 1 amide bonds. The zero-order chi connectivity index (χ0) is 17.5. The molecule has 1 aliphatic heterocycles. The van der Waals surface area contributed by atoms with Gasteiger partial charge in [0.1, 0.15) is 0 Å². The molecule has 1 aromatic rings. The van der Waals surface area contributed by atoms with Crippen LogP contribution < -0.4 is 5.32 Å². The molecule has 0 bridgehead atoms. The van der Waals surface area contributed by atoms with E-state index in [2.05, 4.69) is 5.32 Å². The molecule has 24 heavy (non-hydrogen) atoms. The highest BCUT2D eigenvalue weighted by atomic mass is 16.5. The molecule has 0 unspecified atom stereocenters. The maximum atomic E-state index is 12.0. The van der Waals surface area contributed by atoms with E-state index in [0.29, 0.717) is 19.3 Å². The van der Waals surface area contributed by atoms with Crippen LogP contribution >= 0.6 is 0 Å². The molecular weight excluding hydrogens is 306 g/mol. The molecule has 2 rings (SSSR count). The number of carboxylic acid groups (broad SMARTS) is 1. The summed E-state index contributed by atoms with van der Waals surface area (Å²) in [6.07, 6.45) is 3.99. The van der Waals surface area contributed by atoms with Gasteiger partial charge in [-0.2, -0.15) is 0 Å². The summed E-state index contributed by atoms with van der Waals surface area (Å²) in [6, 6.07) is 7.80. The second kappa shape index (κ2) is 8.83. The largest absolute Gasteiger partial charge is 0.481 e. The number of benzene rings is 1. The van der Waals surface area contributed by atoms with E-state index in [9.17, 15) is 14.7 Å². The van der Waals surface area contributed by atoms with Crippen molar-refractivity contribution in [1.82, 2.24) is 5.32 Å². The van der Waals surface area contributed by atoms with Crippen LogP contribution in [-0.2, 0) is 20.7 Å². The fraction of sp³-hybridized carbons (Fsp3) is 0.579. The number of carbonyl (C=O) groups is 2. The van der Waals surface area contributed by atoms with Crippen molar-refractivity contribution < 1.29 is 19.4 Å². The number of carboxylic acids is 1. The highest BCUT2D eigenvalue weighted by Gasteiger charge is 2.23. The van der Waals surface area contributed by atoms with Gasteiger partial charge in [0.25, 0.3) is 0 Å². The molecule has 0 saturated carbocycles. The van der Waals surface area contributed by atoms with Gasteiger partial charge in [0, 0.05) is 13.0 Å². The van der Waals surface area contributed by atoms with Gasteiger partial charge in [-0.1, -0.05) is 29.8 Å². The predicted molar refractivity (Wildman–Crippen MR) is 91.8 cm³/mol. The molecular formula is C19H27NO4. The Morgan fingerprint density at radius 3 is 2.79 bits per heavy atom. The number of ether oxygens (including phenoxy) is 1. The standard InChI is InChI=1S/C19H27NO4/c1-13-4-3-5-15(10-13)11-16(19(22)23)12-20-18(21)9-8-17-7-6-14(2)24-17/h3-5,10,14,16-17H,6-9,11-12H2,1-2H3,(H,20,21)(H,22,23)/t14-,16+,17-/m0/s1. The number of carbonyl (C=O) groups excluding carboxylic acids is 1. The van der Waals surface area contributed by atoms with E-state index < -0.39 is 11.9 Å². The van der Waals surface area contributed by atoms with Gasteiger partial charge in [0.2, 0.25) is 5.91 Å². The smallest absolute Gasteiger partial charge is 0.308 e. The van der Waals surface area contributed by atoms with E-state index in [0.717, 1.165) is 24.0 Å². The van der Waals surface area contributed by atoms with Gasteiger partial charge in [-0.3, -0.25) is 9.59 Å². The van der Waals surface area contributed by atoms with Crippen molar-refractivity contribution in [2.45, 2.75) is 58.2 Å². The lowest BCUT2D eigenvalue weighted by Crippen LogP contribution is -2.34. The molecule has 1 saturated heterocycles. The van der Waals surface area contributed by atoms with Gasteiger partial charge < -0.3 is 15.2 Å². The molecule has 5 nitrogen and oxygen atoms in total. The van der Waals surface area contributed by atoms with Crippen LogP contribution in [0.4, 0.5) is 0 Å². The Labute approximate surface area is 143 Å². The fourth-order valence-corrected chi connectivity index (χ4v) is 3.09. The van der Waals surface area contributed by atoms with E-state index in [1.807, 2.05) is 38.1 Å². The zero-order valence-corrected chi connectivity index (χ0v) is 14.5. The van der Waals surface area contributed by atoms with Gasteiger partial charge in [-0.25, -0.2) is 0 Å². The SMILES string of the molecule is Cc1cccc(C[C@H](CNC(=O)CC[C@@H]2CC[C@H](C)O2)C(=O)O)c1. The van der Waals surface area contributed by atoms with Crippen LogP contribution in [0.2, 0.25) is 0 Å². The average molecular weight is 333 g/mol. The highest BCUT2D eigenvalue weighted by Crippen LogP contribution is 2.22. The summed E-state index contributed by atoms with van der Waals surface area (Å²) in [7, 11) is 0. The Bertz CT molecular complexity index is 572. The molecule has 0 spiro atoms. The van der Waals surface area contributed by atoms with Crippen molar-refractivity contribution in [2.24, 2.45) is 5.92 Å². The minimum atomic E-state index is -0.884. The zero-order valence-electron chi connectivity index (χ0n) is 14.5. The molecule has 1 aromatic carbocycles. The Hall–Kier alpha value is -1.88. The second-order valence-corrected chi connectivity index (χ2v) is 6.72. The van der Waals surface area contributed by atoms with Gasteiger partial charge >= 0.3 is 5.97 Å². The molecule has 132 valence electrons. The first-order valence-electron chi connectivity index (χ1n) is 8.64. The number of amides is 1. The number of nitrogens with one attached hydrogen (secondary N) is 1. The number of aryl methyl sites for hydroxylation is 1. The Morgan fingerprint density at radius 2 is 2.17 bits per heavy atom. The van der Waals surface area contributed by atoms with Crippen LogP contribution in [0.5, 0.6) is 0 Å². The van der Waals surface area contributed by atoms with Crippen LogP contribution in [0.3, 0.4) is 0 Å². The number of rotatable bonds is 8. The maximum Gasteiger partial charge on any atom is 0.308 e. The Kier molecular flexibility index (Phi) is 6.79. The first-order chi connectivity index (χ1) is 11.4. The third kappa shape index (κ3) is 5.96. The molecule has 0 aromatic heterocycles. The molecule has 3 atom stereocenters. The maximum absolute atomic E-state index is 12.0. The van der Waals surface area contributed by atoms with Crippen LogP contribution in [0.25, 0.3) is 0 Å². The van der Waals surface area contributed by atoms with Crippen molar-refractivity contribution in [1.29, 1.82) is 0 Å². The molecule has 2 N–H and O–H groups in total.